The molecule has 0 amide bonds. The molecule has 3 aromatic carbocycles. The van der Waals surface area contributed by atoms with Gasteiger partial charge in [0.15, 0.2) is 11.2 Å². The average molecular weight is 399 g/mol. The van der Waals surface area contributed by atoms with Crippen molar-refractivity contribution in [1.29, 1.82) is 0 Å². The number of fused-ring (bicyclic) bond motifs is 14. The van der Waals surface area contributed by atoms with Crippen LogP contribution in [0.1, 0.15) is 0 Å². The van der Waals surface area contributed by atoms with E-state index in [9.17, 15) is 0 Å². The fourth-order valence-electron chi connectivity index (χ4n) is 5.02. The van der Waals surface area contributed by atoms with Crippen molar-refractivity contribution in [2.45, 2.75) is 0 Å². The highest BCUT2D eigenvalue weighted by atomic mass is 16.4. The lowest BCUT2D eigenvalue weighted by molar-refractivity contribution is 0.635. The second kappa shape index (κ2) is 5.21. The minimum atomic E-state index is 0.782. The largest absolute Gasteiger partial charge is 0.452 e. The summed E-state index contributed by atoms with van der Waals surface area (Å²) in [6.45, 7) is 0. The second-order valence-corrected chi connectivity index (χ2v) is 7.90. The third kappa shape index (κ3) is 1.78. The van der Waals surface area contributed by atoms with Crippen molar-refractivity contribution >= 4 is 71.2 Å². The van der Waals surface area contributed by atoms with E-state index >= 15 is 0 Å². The first-order chi connectivity index (χ1) is 15.4. The first-order valence-electron chi connectivity index (χ1n) is 10.2. The lowest BCUT2D eigenvalue weighted by Gasteiger charge is -2.08. The molecular formula is C26H13N3O2. The maximum Gasteiger partial charge on any atom is 0.178 e. The molecule has 5 aromatic heterocycles. The van der Waals surface area contributed by atoms with Crippen LogP contribution in [0.4, 0.5) is 0 Å². The molecule has 5 heteroatoms. The van der Waals surface area contributed by atoms with Crippen LogP contribution in [0.5, 0.6) is 0 Å². The van der Waals surface area contributed by atoms with Gasteiger partial charge in [-0.05, 0) is 36.4 Å². The molecule has 0 radical (unpaired) electrons. The summed E-state index contributed by atoms with van der Waals surface area (Å²) in [4.78, 5) is 8.90. The van der Waals surface area contributed by atoms with Gasteiger partial charge in [0.2, 0.25) is 0 Å². The van der Waals surface area contributed by atoms with Crippen molar-refractivity contribution in [2.24, 2.45) is 0 Å². The summed E-state index contributed by atoms with van der Waals surface area (Å²) < 4.78 is 14.9. The van der Waals surface area contributed by atoms with Gasteiger partial charge in [0, 0.05) is 57.1 Å². The maximum absolute atomic E-state index is 6.59. The summed E-state index contributed by atoms with van der Waals surface area (Å²) in [5, 5.41) is 7.43. The van der Waals surface area contributed by atoms with Crippen LogP contribution in [0.2, 0.25) is 0 Å². The van der Waals surface area contributed by atoms with E-state index in [0.29, 0.717) is 0 Å². The van der Waals surface area contributed by atoms with E-state index in [2.05, 4.69) is 44.7 Å². The van der Waals surface area contributed by atoms with E-state index in [0.717, 1.165) is 71.2 Å². The molecule has 0 bridgehead atoms. The van der Waals surface area contributed by atoms with Gasteiger partial charge in [0.1, 0.15) is 16.8 Å². The molecular weight excluding hydrogens is 386 g/mol. The first-order valence-corrected chi connectivity index (χ1v) is 10.2. The summed E-state index contributed by atoms with van der Waals surface area (Å²) in [5.74, 6) is 0. The Balaban J connectivity index is 1.66. The molecule has 0 aliphatic rings. The minimum Gasteiger partial charge on any atom is -0.452 e. The summed E-state index contributed by atoms with van der Waals surface area (Å²) in [6, 6.07) is 18.7. The predicted octanol–water partition coefficient (Wildman–Crippen LogP) is 6.83. The Morgan fingerprint density at radius 2 is 1.45 bits per heavy atom. The Morgan fingerprint density at radius 1 is 0.645 bits per heavy atom. The van der Waals surface area contributed by atoms with Crippen LogP contribution in [0.3, 0.4) is 0 Å². The molecule has 31 heavy (non-hydrogen) atoms. The van der Waals surface area contributed by atoms with Crippen LogP contribution in [-0.2, 0) is 0 Å². The lowest BCUT2D eigenvalue weighted by atomic mass is 10.0. The first kappa shape index (κ1) is 15.5. The van der Waals surface area contributed by atoms with Gasteiger partial charge in [-0.1, -0.05) is 18.2 Å². The number of furan rings is 2. The molecule has 8 rings (SSSR count). The zero-order valence-corrected chi connectivity index (χ0v) is 16.2. The van der Waals surface area contributed by atoms with E-state index in [-0.39, 0.29) is 0 Å². The molecule has 0 saturated heterocycles. The molecule has 0 unspecified atom stereocenters. The molecule has 8 aromatic rings. The number of hydrogen-bond donors (Lipinski definition) is 0. The van der Waals surface area contributed by atoms with Crippen molar-refractivity contribution in [3.63, 3.8) is 0 Å². The van der Waals surface area contributed by atoms with Crippen molar-refractivity contribution in [3.8, 4) is 0 Å². The summed E-state index contributed by atoms with van der Waals surface area (Å²) >= 11 is 0. The van der Waals surface area contributed by atoms with Crippen LogP contribution in [-0.4, -0.2) is 14.4 Å². The Labute approximate surface area is 174 Å². The van der Waals surface area contributed by atoms with Crippen molar-refractivity contribution in [2.75, 3.05) is 0 Å². The molecule has 0 aliphatic carbocycles. The zero-order chi connectivity index (χ0) is 20.1. The third-order valence-corrected chi connectivity index (χ3v) is 6.36. The van der Waals surface area contributed by atoms with Gasteiger partial charge in [0.05, 0.1) is 10.9 Å². The fourth-order valence-corrected chi connectivity index (χ4v) is 5.02. The summed E-state index contributed by atoms with van der Waals surface area (Å²) in [6.07, 6.45) is 7.49. The number of imidazole rings is 1. The number of rotatable bonds is 0. The normalized spacial score (nSPS) is 12.5. The molecule has 0 spiro atoms. The SMILES string of the molecule is c1ccc2c(c1)oc1c2ccc2c3ccc4c(c5ccncc5c5nccn45)c3oc21. The van der Waals surface area contributed by atoms with Crippen molar-refractivity contribution in [1.82, 2.24) is 14.4 Å². The summed E-state index contributed by atoms with van der Waals surface area (Å²) in [7, 11) is 0. The zero-order valence-electron chi connectivity index (χ0n) is 16.2. The third-order valence-electron chi connectivity index (χ3n) is 6.36. The Kier molecular flexibility index (Phi) is 2.60. The highest BCUT2D eigenvalue weighted by Crippen LogP contribution is 2.42. The molecule has 0 N–H and O–H groups in total. The van der Waals surface area contributed by atoms with E-state index in [4.69, 9.17) is 8.83 Å². The smallest absolute Gasteiger partial charge is 0.178 e. The average Bonchev–Trinajstić information content (AvgIpc) is 3.53. The predicted molar refractivity (Wildman–Crippen MR) is 123 cm³/mol. The van der Waals surface area contributed by atoms with E-state index in [1.807, 2.05) is 49.1 Å². The van der Waals surface area contributed by atoms with Gasteiger partial charge in [-0.15, -0.1) is 0 Å². The highest BCUT2D eigenvalue weighted by molar-refractivity contribution is 6.26. The van der Waals surface area contributed by atoms with Crippen LogP contribution >= 0.6 is 0 Å². The molecule has 0 aliphatic heterocycles. The topological polar surface area (TPSA) is 56.5 Å². The number of pyridine rings is 2. The number of hydrogen-bond acceptors (Lipinski definition) is 4. The Bertz CT molecular complexity index is 2010. The summed E-state index contributed by atoms with van der Waals surface area (Å²) in [5.41, 5.74) is 5.24. The van der Waals surface area contributed by atoms with Crippen molar-refractivity contribution < 1.29 is 8.83 Å². The Morgan fingerprint density at radius 3 is 2.42 bits per heavy atom. The van der Waals surface area contributed by atoms with Gasteiger partial charge in [-0.3, -0.25) is 9.38 Å². The number of aromatic nitrogens is 3. The van der Waals surface area contributed by atoms with Crippen LogP contribution in [0.15, 0.2) is 88.2 Å². The molecule has 0 fully saturated rings. The fraction of sp³-hybridized carbons (Fsp3) is 0. The Hall–Kier alpha value is -4.38. The van der Waals surface area contributed by atoms with Gasteiger partial charge < -0.3 is 8.83 Å². The van der Waals surface area contributed by atoms with Gasteiger partial charge in [-0.2, -0.15) is 0 Å². The molecule has 0 saturated carbocycles. The molecule has 144 valence electrons. The standard InChI is InChI=1S/C26H13N3O2/c1-2-4-21-14(3-1)16-5-6-18-17-7-8-20-22(23(17)31-25(18)24(16)30-21)15-9-10-27-13-19(15)26-28-11-12-29(20)26/h1-13H. The van der Waals surface area contributed by atoms with Crippen LogP contribution in [0, 0.1) is 0 Å². The number of benzene rings is 3. The quantitative estimate of drug-likeness (QED) is 0.262. The van der Waals surface area contributed by atoms with Gasteiger partial charge >= 0.3 is 0 Å². The molecule has 5 nitrogen and oxygen atoms in total. The molecule has 0 atom stereocenters. The van der Waals surface area contributed by atoms with Gasteiger partial charge in [-0.25, -0.2) is 4.98 Å². The van der Waals surface area contributed by atoms with Crippen molar-refractivity contribution in [3.05, 3.63) is 79.4 Å². The second-order valence-electron chi connectivity index (χ2n) is 7.90. The lowest BCUT2D eigenvalue weighted by Crippen LogP contribution is -1.91. The minimum absolute atomic E-state index is 0.782. The van der Waals surface area contributed by atoms with Crippen LogP contribution in [0.25, 0.3) is 71.2 Å². The monoisotopic (exact) mass is 399 g/mol. The molecule has 5 heterocycles. The van der Waals surface area contributed by atoms with E-state index in [1.54, 1.807) is 0 Å². The maximum atomic E-state index is 6.59. The number of para-hydroxylation sites is 1. The van der Waals surface area contributed by atoms with E-state index < -0.39 is 0 Å². The van der Waals surface area contributed by atoms with Gasteiger partial charge in [0.25, 0.3) is 0 Å². The number of nitrogens with zero attached hydrogens (tertiary/aromatic N) is 3. The van der Waals surface area contributed by atoms with Crippen LogP contribution < -0.4 is 0 Å². The van der Waals surface area contributed by atoms with E-state index in [1.165, 1.54) is 0 Å². The highest BCUT2D eigenvalue weighted by Gasteiger charge is 2.19.